The van der Waals surface area contributed by atoms with Gasteiger partial charge in [-0.15, -0.1) is 0 Å². The molecule has 236 valence electrons. The van der Waals surface area contributed by atoms with Crippen molar-refractivity contribution < 1.29 is 28.2 Å². The third-order valence-electron chi connectivity index (χ3n) is 8.36. The molecule has 0 aliphatic heterocycles. The number of hydrogen-bond acceptors (Lipinski definition) is 7. The van der Waals surface area contributed by atoms with Crippen LogP contribution in [0.25, 0.3) is 22.1 Å². The number of ether oxygens (including phenoxy) is 3. The maximum Gasteiger partial charge on any atom is 0.333 e. The van der Waals surface area contributed by atoms with Gasteiger partial charge in [-0.2, -0.15) is 0 Å². The molecule has 4 aromatic carbocycles. The van der Waals surface area contributed by atoms with E-state index in [9.17, 15) is 9.59 Å². The second kappa shape index (κ2) is 14.0. The molecule has 1 saturated carbocycles. The Labute approximate surface area is 268 Å². The normalized spacial score (nSPS) is 16.2. The van der Waals surface area contributed by atoms with Crippen molar-refractivity contribution in [3.8, 4) is 16.9 Å². The lowest BCUT2D eigenvalue weighted by molar-refractivity contribution is -0.147. The lowest BCUT2D eigenvalue weighted by Crippen LogP contribution is -2.36. The third kappa shape index (κ3) is 6.83. The minimum absolute atomic E-state index is 0.100. The summed E-state index contributed by atoms with van der Waals surface area (Å²) in [5.41, 5.74) is 13.3. The van der Waals surface area contributed by atoms with Gasteiger partial charge in [0.25, 0.3) is 0 Å². The topological polar surface area (TPSA) is 113 Å². The lowest BCUT2D eigenvalue weighted by Gasteiger charge is -2.21. The van der Waals surface area contributed by atoms with Gasteiger partial charge in [0.05, 0.1) is 19.5 Å². The predicted molar refractivity (Wildman–Crippen MR) is 176 cm³/mol. The highest BCUT2D eigenvalue weighted by Gasteiger charge is 2.45. The Kier molecular flexibility index (Phi) is 9.47. The number of para-hydroxylation sites is 1. The molecule has 1 heterocycles. The molecule has 1 aliphatic carbocycles. The number of furan rings is 1. The van der Waals surface area contributed by atoms with Crippen LogP contribution < -0.4 is 15.8 Å². The number of amides is 1. The molecule has 1 aromatic heterocycles. The number of carbonyl (C=O) groups is 2. The number of methoxy groups -OCH3 is 1. The highest BCUT2D eigenvalue weighted by Crippen LogP contribution is 2.48. The van der Waals surface area contributed by atoms with Crippen LogP contribution in [-0.4, -0.2) is 25.6 Å². The molecule has 6 rings (SSSR count). The van der Waals surface area contributed by atoms with Crippen LogP contribution in [-0.2, 0) is 38.8 Å². The first-order valence-electron chi connectivity index (χ1n) is 15.5. The SMILES string of the molecule is CCOC(=O)C(NC(=O)[C@@H]1C[C@H]1c1ccc(COC)cc1)c1ccccc1OCc1cc(-c2cccc(CN)c2)c2occc2c1. The number of rotatable bonds is 13. The van der Waals surface area contributed by atoms with Gasteiger partial charge in [0, 0.05) is 36.1 Å². The molecule has 3 N–H and O–H groups in total. The number of nitrogens with one attached hydrogen (secondary N) is 1. The Balaban J connectivity index is 1.21. The first kappa shape index (κ1) is 31.1. The highest BCUT2D eigenvalue weighted by molar-refractivity contribution is 5.93. The van der Waals surface area contributed by atoms with Crippen molar-refractivity contribution in [1.29, 1.82) is 0 Å². The first-order valence-corrected chi connectivity index (χ1v) is 15.5. The van der Waals surface area contributed by atoms with E-state index in [-0.39, 0.29) is 31.0 Å². The molecule has 1 aliphatic rings. The van der Waals surface area contributed by atoms with Gasteiger partial charge in [-0.3, -0.25) is 4.79 Å². The summed E-state index contributed by atoms with van der Waals surface area (Å²) in [7, 11) is 1.66. The fourth-order valence-electron chi connectivity index (χ4n) is 5.94. The summed E-state index contributed by atoms with van der Waals surface area (Å²) in [5.74, 6) is -0.357. The summed E-state index contributed by atoms with van der Waals surface area (Å²) in [5, 5.41) is 3.93. The summed E-state index contributed by atoms with van der Waals surface area (Å²) in [6.07, 6.45) is 2.39. The van der Waals surface area contributed by atoms with Gasteiger partial charge < -0.3 is 29.7 Å². The van der Waals surface area contributed by atoms with Gasteiger partial charge in [0.2, 0.25) is 5.91 Å². The smallest absolute Gasteiger partial charge is 0.333 e. The summed E-state index contributed by atoms with van der Waals surface area (Å²) in [4.78, 5) is 26.7. The average molecular weight is 619 g/mol. The van der Waals surface area contributed by atoms with Gasteiger partial charge >= 0.3 is 5.97 Å². The zero-order chi connectivity index (χ0) is 32.0. The van der Waals surface area contributed by atoms with E-state index in [4.69, 9.17) is 24.4 Å². The van der Waals surface area contributed by atoms with Crippen LogP contribution in [0, 0.1) is 5.92 Å². The molecule has 0 radical (unpaired) electrons. The fraction of sp³-hybridized carbons (Fsp3) is 0.263. The van der Waals surface area contributed by atoms with Crippen molar-refractivity contribution in [3.63, 3.8) is 0 Å². The van der Waals surface area contributed by atoms with Crippen molar-refractivity contribution in [1.82, 2.24) is 5.32 Å². The molecular weight excluding hydrogens is 580 g/mol. The van der Waals surface area contributed by atoms with E-state index in [1.165, 1.54) is 0 Å². The Hall–Kier alpha value is -4.92. The van der Waals surface area contributed by atoms with E-state index in [0.29, 0.717) is 24.5 Å². The number of carbonyl (C=O) groups excluding carboxylic acids is 2. The van der Waals surface area contributed by atoms with Crippen molar-refractivity contribution >= 4 is 22.8 Å². The number of nitrogens with two attached hydrogens (primary N) is 1. The van der Waals surface area contributed by atoms with E-state index in [1.807, 2.05) is 72.8 Å². The minimum atomic E-state index is -1.01. The summed E-state index contributed by atoms with van der Waals surface area (Å²) in [6, 6.07) is 28.4. The van der Waals surface area contributed by atoms with E-state index < -0.39 is 12.0 Å². The quantitative estimate of drug-likeness (QED) is 0.139. The van der Waals surface area contributed by atoms with Crippen LogP contribution in [0.3, 0.4) is 0 Å². The maximum absolute atomic E-state index is 13.5. The standard InChI is InChI=1S/C38H38N2O6/c1-3-44-38(42)35(40-37(41)33-20-31(33)27-13-11-24(12-14-27)22-43-2)30-9-4-5-10-34(30)46-23-26-18-29-15-16-45-36(29)32(19-26)28-8-6-7-25(17-28)21-39/h4-19,31,33,35H,3,20-23,39H2,1-2H3,(H,40,41)/t31-,33+,35?/m0/s1. The molecule has 3 atom stereocenters. The summed E-state index contributed by atoms with van der Waals surface area (Å²) < 4.78 is 22.8. The molecule has 0 saturated heterocycles. The second-order valence-electron chi connectivity index (χ2n) is 11.5. The number of benzene rings is 4. The van der Waals surface area contributed by atoms with Crippen molar-refractivity contribution in [2.75, 3.05) is 13.7 Å². The van der Waals surface area contributed by atoms with Crippen LogP contribution in [0.15, 0.2) is 102 Å². The lowest BCUT2D eigenvalue weighted by atomic mass is 9.99. The van der Waals surface area contributed by atoms with Crippen LogP contribution in [0.5, 0.6) is 5.75 Å². The van der Waals surface area contributed by atoms with Crippen molar-refractivity contribution in [2.24, 2.45) is 11.7 Å². The molecular formula is C38H38N2O6. The summed E-state index contributed by atoms with van der Waals surface area (Å²) in [6.45, 7) is 3.15. The maximum atomic E-state index is 13.5. The molecule has 1 amide bonds. The van der Waals surface area contributed by atoms with Crippen LogP contribution in [0.4, 0.5) is 0 Å². The fourth-order valence-corrected chi connectivity index (χ4v) is 5.94. The van der Waals surface area contributed by atoms with E-state index in [1.54, 1.807) is 32.4 Å². The number of fused-ring (bicyclic) bond motifs is 1. The minimum Gasteiger partial charge on any atom is -0.489 e. The van der Waals surface area contributed by atoms with E-state index >= 15 is 0 Å². The van der Waals surface area contributed by atoms with Crippen molar-refractivity contribution in [3.05, 3.63) is 125 Å². The zero-order valence-corrected chi connectivity index (χ0v) is 26.0. The van der Waals surface area contributed by atoms with Crippen LogP contribution >= 0.6 is 0 Å². The van der Waals surface area contributed by atoms with E-state index in [0.717, 1.165) is 50.8 Å². The van der Waals surface area contributed by atoms with E-state index in [2.05, 4.69) is 11.4 Å². The monoisotopic (exact) mass is 618 g/mol. The van der Waals surface area contributed by atoms with Gasteiger partial charge in [-0.05, 0) is 77.4 Å². The van der Waals surface area contributed by atoms with Gasteiger partial charge in [-0.25, -0.2) is 4.79 Å². The molecule has 1 unspecified atom stereocenters. The summed E-state index contributed by atoms with van der Waals surface area (Å²) >= 11 is 0. The zero-order valence-electron chi connectivity index (χ0n) is 26.0. The molecule has 0 bridgehead atoms. The number of esters is 1. The highest BCUT2D eigenvalue weighted by atomic mass is 16.5. The second-order valence-corrected chi connectivity index (χ2v) is 11.5. The third-order valence-corrected chi connectivity index (χ3v) is 8.36. The molecule has 8 nitrogen and oxygen atoms in total. The Morgan fingerprint density at radius 2 is 1.76 bits per heavy atom. The first-order chi connectivity index (χ1) is 22.5. The van der Waals surface area contributed by atoms with Crippen LogP contribution in [0.1, 0.15) is 53.1 Å². The Morgan fingerprint density at radius 1 is 0.935 bits per heavy atom. The average Bonchev–Trinajstić information content (AvgIpc) is 3.75. The predicted octanol–water partition coefficient (Wildman–Crippen LogP) is 6.81. The van der Waals surface area contributed by atoms with Gasteiger partial charge in [0.15, 0.2) is 6.04 Å². The largest absolute Gasteiger partial charge is 0.489 e. The molecule has 8 heteroatoms. The molecule has 46 heavy (non-hydrogen) atoms. The molecule has 0 spiro atoms. The Bertz CT molecular complexity index is 1830. The number of hydrogen-bond donors (Lipinski definition) is 2. The molecule has 5 aromatic rings. The molecule has 1 fully saturated rings. The van der Waals surface area contributed by atoms with Gasteiger partial charge in [0.1, 0.15) is 17.9 Å². The Morgan fingerprint density at radius 3 is 2.54 bits per heavy atom. The van der Waals surface area contributed by atoms with Crippen molar-refractivity contribution in [2.45, 2.75) is 45.1 Å². The van der Waals surface area contributed by atoms with Gasteiger partial charge in [-0.1, -0.05) is 60.7 Å². The van der Waals surface area contributed by atoms with Crippen LogP contribution in [0.2, 0.25) is 0 Å².